The summed E-state index contributed by atoms with van der Waals surface area (Å²) in [5, 5.41) is 2.77. The van der Waals surface area contributed by atoms with E-state index in [4.69, 9.17) is 4.74 Å². The molecule has 1 atom stereocenters. The fourth-order valence-corrected chi connectivity index (χ4v) is 4.44. The lowest BCUT2D eigenvalue weighted by Gasteiger charge is -2.17. The molecule has 0 radical (unpaired) electrons. The van der Waals surface area contributed by atoms with Crippen molar-refractivity contribution in [2.45, 2.75) is 31.6 Å². The fraction of sp³-hybridized carbons (Fsp3) is 0.364. The molecule has 1 heterocycles. The van der Waals surface area contributed by atoms with Gasteiger partial charge in [0.2, 0.25) is 21.8 Å². The van der Waals surface area contributed by atoms with Gasteiger partial charge in [0.15, 0.2) is 0 Å². The molecule has 2 amide bonds. The standard InChI is InChI=1S/C22H27N3O5S/c1-3-13-23-31(28,29)20-11-5-17(6-12-20)24-22(27)16-14-21(26)25(15-16)18-7-9-19(10-8-18)30-4-2/h5-12,16,23H,3-4,13-15H2,1-2H3,(H,24,27)/t16-/m1/s1. The van der Waals surface area contributed by atoms with Gasteiger partial charge in [-0.2, -0.15) is 0 Å². The molecule has 2 aromatic carbocycles. The molecule has 1 fully saturated rings. The highest BCUT2D eigenvalue weighted by Gasteiger charge is 2.35. The molecule has 9 heteroatoms. The normalized spacial score (nSPS) is 16.4. The van der Waals surface area contributed by atoms with Crippen LogP contribution in [0.5, 0.6) is 5.75 Å². The summed E-state index contributed by atoms with van der Waals surface area (Å²) in [4.78, 5) is 26.8. The average Bonchev–Trinajstić information content (AvgIpc) is 3.15. The Bertz CT molecular complexity index is 1020. The Labute approximate surface area is 182 Å². The second kappa shape index (κ2) is 9.93. The first-order valence-corrected chi connectivity index (χ1v) is 11.8. The number of rotatable bonds is 9. The maximum Gasteiger partial charge on any atom is 0.240 e. The molecule has 0 spiro atoms. The van der Waals surface area contributed by atoms with Gasteiger partial charge in [-0.3, -0.25) is 9.59 Å². The van der Waals surface area contributed by atoms with Crippen molar-refractivity contribution in [1.29, 1.82) is 0 Å². The molecular weight excluding hydrogens is 418 g/mol. The van der Waals surface area contributed by atoms with Crippen LogP contribution in [0.1, 0.15) is 26.7 Å². The molecule has 0 aliphatic carbocycles. The van der Waals surface area contributed by atoms with Gasteiger partial charge >= 0.3 is 0 Å². The highest BCUT2D eigenvalue weighted by molar-refractivity contribution is 7.89. The van der Waals surface area contributed by atoms with E-state index >= 15 is 0 Å². The lowest BCUT2D eigenvalue weighted by atomic mass is 10.1. The minimum atomic E-state index is -3.56. The summed E-state index contributed by atoms with van der Waals surface area (Å²) in [5.74, 6) is -0.162. The summed E-state index contributed by atoms with van der Waals surface area (Å²) in [6.45, 7) is 4.99. The van der Waals surface area contributed by atoms with Gasteiger partial charge in [-0.25, -0.2) is 13.1 Å². The molecule has 0 bridgehead atoms. The monoisotopic (exact) mass is 445 g/mol. The van der Waals surface area contributed by atoms with Gasteiger partial charge in [-0.15, -0.1) is 0 Å². The lowest BCUT2D eigenvalue weighted by molar-refractivity contribution is -0.122. The molecule has 1 aliphatic rings. The number of carbonyl (C=O) groups excluding carboxylic acids is 2. The van der Waals surface area contributed by atoms with Crippen LogP contribution in [0.2, 0.25) is 0 Å². The highest BCUT2D eigenvalue weighted by Crippen LogP contribution is 2.28. The van der Waals surface area contributed by atoms with Crippen molar-refractivity contribution in [2.75, 3.05) is 29.9 Å². The van der Waals surface area contributed by atoms with Crippen LogP contribution in [0.15, 0.2) is 53.4 Å². The Balaban J connectivity index is 1.61. The van der Waals surface area contributed by atoms with Crippen molar-refractivity contribution in [3.8, 4) is 5.75 Å². The summed E-state index contributed by atoms with van der Waals surface area (Å²) < 4.78 is 32.2. The van der Waals surface area contributed by atoms with E-state index in [1.807, 2.05) is 13.8 Å². The van der Waals surface area contributed by atoms with Gasteiger partial charge < -0.3 is 15.0 Å². The third-order valence-corrected chi connectivity index (χ3v) is 6.41. The molecular formula is C22H27N3O5S. The molecule has 0 aromatic heterocycles. The van der Waals surface area contributed by atoms with Crippen molar-refractivity contribution < 1.29 is 22.7 Å². The zero-order valence-corrected chi connectivity index (χ0v) is 18.4. The molecule has 0 unspecified atom stereocenters. The maximum absolute atomic E-state index is 12.7. The van der Waals surface area contributed by atoms with Crippen molar-refractivity contribution in [3.05, 3.63) is 48.5 Å². The van der Waals surface area contributed by atoms with Gasteiger partial charge in [0.05, 0.1) is 17.4 Å². The van der Waals surface area contributed by atoms with Gasteiger partial charge in [0, 0.05) is 30.9 Å². The highest BCUT2D eigenvalue weighted by atomic mass is 32.2. The topological polar surface area (TPSA) is 105 Å². The molecule has 1 aliphatic heterocycles. The molecule has 2 N–H and O–H groups in total. The van der Waals surface area contributed by atoms with Gasteiger partial charge in [-0.05, 0) is 61.9 Å². The first-order valence-electron chi connectivity index (χ1n) is 10.3. The summed E-state index contributed by atoms with van der Waals surface area (Å²) in [5.41, 5.74) is 1.20. The van der Waals surface area contributed by atoms with Crippen LogP contribution in [0.25, 0.3) is 0 Å². The number of carbonyl (C=O) groups is 2. The third-order valence-electron chi connectivity index (χ3n) is 4.93. The van der Waals surface area contributed by atoms with Gasteiger partial charge in [0.25, 0.3) is 0 Å². The summed E-state index contributed by atoms with van der Waals surface area (Å²) in [7, 11) is -3.56. The fourth-order valence-electron chi connectivity index (χ4n) is 3.30. The van der Waals surface area contributed by atoms with Crippen LogP contribution in [0.4, 0.5) is 11.4 Å². The van der Waals surface area contributed by atoms with E-state index in [0.717, 1.165) is 11.4 Å². The summed E-state index contributed by atoms with van der Waals surface area (Å²) in [6, 6.07) is 13.2. The van der Waals surface area contributed by atoms with Crippen molar-refractivity contribution in [2.24, 2.45) is 5.92 Å². The van der Waals surface area contributed by atoms with E-state index in [0.29, 0.717) is 25.3 Å². The second-order valence-corrected chi connectivity index (χ2v) is 9.01. The number of amides is 2. The molecule has 8 nitrogen and oxygen atoms in total. The van der Waals surface area contributed by atoms with E-state index in [9.17, 15) is 18.0 Å². The molecule has 0 saturated carbocycles. The SMILES string of the molecule is CCCNS(=O)(=O)c1ccc(NC(=O)[C@@H]2CC(=O)N(c3ccc(OCC)cc3)C2)cc1. The minimum Gasteiger partial charge on any atom is -0.494 e. The van der Waals surface area contributed by atoms with Crippen molar-refractivity contribution >= 4 is 33.2 Å². The number of hydrogen-bond donors (Lipinski definition) is 2. The van der Waals surface area contributed by atoms with E-state index in [-0.39, 0.29) is 29.7 Å². The van der Waals surface area contributed by atoms with E-state index in [2.05, 4.69) is 10.0 Å². The predicted molar refractivity (Wildman–Crippen MR) is 119 cm³/mol. The largest absolute Gasteiger partial charge is 0.494 e. The number of nitrogens with zero attached hydrogens (tertiary/aromatic N) is 1. The second-order valence-electron chi connectivity index (χ2n) is 7.24. The lowest BCUT2D eigenvalue weighted by Crippen LogP contribution is -2.28. The van der Waals surface area contributed by atoms with Crippen LogP contribution in [0.3, 0.4) is 0 Å². The van der Waals surface area contributed by atoms with Crippen LogP contribution >= 0.6 is 0 Å². The number of benzene rings is 2. The zero-order chi connectivity index (χ0) is 22.4. The van der Waals surface area contributed by atoms with E-state index < -0.39 is 15.9 Å². The van der Waals surface area contributed by atoms with Crippen molar-refractivity contribution in [1.82, 2.24) is 4.72 Å². The van der Waals surface area contributed by atoms with Gasteiger partial charge in [0.1, 0.15) is 5.75 Å². The Morgan fingerprint density at radius 2 is 1.77 bits per heavy atom. The molecule has 166 valence electrons. The van der Waals surface area contributed by atoms with Crippen LogP contribution in [-0.2, 0) is 19.6 Å². The predicted octanol–water partition coefficient (Wildman–Crippen LogP) is 2.77. The van der Waals surface area contributed by atoms with Crippen LogP contribution < -0.4 is 19.7 Å². The van der Waals surface area contributed by atoms with Crippen LogP contribution in [0, 0.1) is 5.92 Å². The Morgan fingerprint density at radius 1 is 1.10 bits per heavy atom. The number of nitrogens with one attached hydrogen (secondary N) is 2. The third kappa shape index (κ3) is 5.62. The number of hydrogen-bond acceptors (Lipinski definition) is 5. The summed E-state index contributed by atoms with van der Waals surface area (Å²) in [6.07, 6.45) is 0.813. The smallest absolute Gasteiger partial charge is 0.240 e. The maximum atomic E-state index is 12.7. The zero-order valence-electron chi connectivity index (χ0n) is 17.6. The average molecular weight is 446 g/mol. The van der Waals surface area contributed by atoms with Crippen LogP contribution in [-0.4, -0.2) is 39.9 Å². The molecule has 31 heavy (non-hydrogen) atoms. The van der Waals surface area contributed by atoms with E-state index in [1.54, 1.807) is 41.3 Å². The molecule has 3 rings (SSSR count). The number of ether oxygens (including phenoxy) is 1. The quantitative estimate of drug-likeness (QED) is 0.618. The van der Waals surface area contributed by atoms with Gasteiger partial charge in [-0.1, -0.05) is 6.92 Å². The molecule has 1 saturated heterocycles. The summed E-state index contributed by atoms with van der Waals surface area (Å²) >= 11 is 0. The Morgan fingerprint density at radius 3 is 2.39 bits per heavy atom. The number of anilines is 2. The van der Waals surface area contributed by atoms with E-state index in [1.165, 1.54) is 12.1 Å². The number of sulfonamides is 1. The first-order chi connectivity index (χ1) is 14.8. The Kier molecular flexibility index (Phi) is 7.29. The molecule has 2 aromatic rings. The Hall–Kier alpha value is -2.91. The minimum absolute atomic E-state index is 0.118. The van der Waals surface area contributed by atoms with Crippen molar-refractivity contribution in [3.63, 3.8) is 0 Å². The first kappa shape index (κ1) is 22.8.